The van der Waals surface area contributed by atoms with Crippen molar-refractivity contribution in [3.8, 4) is 5.75 Å². The fourth-order valence-corrected chi connectivity index (χ4v) is 10.3. The van der Waals surface area contributed by atoms with Gasteiger partial charge >= 0.3 is 25.4 Å². The number of esters is 3. The van der Waals surface area contributed by atoms with Crippen LogP contribution in [-0.4, -0.2) is 67.8 Å². The SMILES string of the molecule is CC[C@H](C)C(=O)O[C@H]1C[C@H](OCP(=O)(N[C@@H](C)C(=O)OC(C)C)Oc2ccccc2)C=C2C=C[C@H](C)[C@H](CC[C@@H]3C[C@@H](CC(C)(C)[Si](C)(C)O)CC(=O)O3)[C@H]21. The van der Waals surface area contributed by atoms with Gasteiger partial charge in [0.2, 0.25) is 0 Å². The molecule has 0 radical (unpaired) electrons. The minimum atomic E-state index is -3.83. The number of cyclic esters (lactones) is 1. The number of ether oxygens (including phenoxy) is 4. The van der Waals surface area contributed by atoms with E-state index in [1.54, 1.807) is 45.0 Å². The number of allylic oxidation sites excluding steroid dienone is 2. The third-order valence-corrected chi connectivity index (χ3v) is 17.1. The van der Waals surface area contributed by atoms with E-state index >= 15 is 0 Å². The maximum Gasteiger partial charge on any atom is 0.342 e. The third-order valence-electron chi connectivity index (χ3n) is 11.8. The highest BCUT2D eigenvalue weighted by molar-refractivity contribution is 7.57. The van der Waals surface area contributed by atoms with Crippen molar-refractivity contribution in [2.75, 3.05) is 6.35 Å². The summed E-state index contributed by atoms with van der Waals surface area (Å²) in [6.07, 6.45) is 8.64. The molecular weight excluding hydrogens is 738 g/mol. The van der Waals surface area contributed by atoms with E-state index in [-0.39, 0.29) is 65.1 Å². The zero-order valence-electron chi connectivity index (χ0n) is 34.6. The average Bonchev–Trinajstić information content (AvgIpc) is 3.09. The first-order valence-electron chi connectivity index (χ1n) is 20.2. The number of hydrogen-bond donors (Lipinski definition) is 2. The van der Waals surface area contributed by atoms with Gasteiger partial charge in [0.05, 0.1) is 18.1 Å². The Morgan fingerprint density at radius 3 is 2.40 bits per heavy atom. The average molecular weight is 804 g/mol. The van der Waals surface area contributed by atoms with Crippen LogP contribution in [0.4, 0.5) is 0 Å². The van der Waals surface area contributed by atoms with Gasteiger partial charge in [0, 0.05) is 18.8 Å². The maximum atomic E-state index is 14.4. The van der Waals surface area contributed by atoms with Crippen molar-refractivity contribution in [3.63, 3.8) is 0 Å². The van der Waals surface area contributed by atoms with E-state index in [1.807, 2.05) is 39.1 Å². The summed E-state index contributed by atoms with van der Waals surface area (Å²) in [5, 5.41) is 2.63. The Labute approximate surface area is 330 Å². The summed E-state index contributed by atoms with van der Waals surface area (Å²) in [6.45, 7) is 19.2. The zero-order chi connectivity index (χ0) is 40.7. The molecule has 2 aliphatic carbocycles. The van der Waals surface area contributed by atoms with Gasteiger partial charge in [-0.3, -0.25) is 18.9 Å². The topological polar surface area (TPSA) is 147 Å². The summed E-state index contributed by atoms with van der Waals surface area (Å²) < 4.78 is 44.3. The monoisotopic (exact) mass is 803 g/mol. The van der Waals surface area contributed by atoms with Gasteiger partial charge < -0.3 is 28.3 Å². The van der Waals surface area contributed by atoms with Gasteiger partial charge in [0.15, 0.2) is 8.32 Å². The second-order valence-electron chi connectivity index (χ2n) is 17.5. The number of carbonyl (C=O) groups excluding carboxylic acids is 3. The number of nitrogens with one attached hydrogen (secondary N) is 1. The molecule has 2 N–H and O–H groups in total. The molecular formula is C42H66NO10PSi. The summed E-state index contributed by atoms with van der Waals surface area (Å²) >= 11 is 0. The summed E-state index contributed by atoms with van der Waals surface area (Å²) in [5.41, 5.74) is 0.984. The quantitative estimate of drug-likeness (QED) is 0.0636. The van der Waals surface area contributed by atoms with Crippen molar-refractivity contribution in [2.24, 2.45) is 29.6 Å². The van der Waals surface area contributed by atoms with E-state index in [0.29, 0.717) is 31.4 Å². The number of hydrogen-bond acceptors (Lipinski definition) is 10. The molecule has 10 atom stereocenters. The van der Waals surface area contributed by atoms with Crippen LogP contribution >= 0.6 is 7.52 Å². The third kappa shape index (κ3) is 12.6. The van der Waals surface area contributed by atoms with Crippen LogP contribution in [0.5, 0.6) is 5.75 Å². The molecule has 55 heavy (non-hydrogen) atoms. The highest BCUT2D eigenvalue weighted by Crippen LogP contribution is 2.49. The number of rotatable bonds is 18. The molecule has 0 saturated carbocycles. The minimum Gasteiger partial charge on any atom is -0.462 e. The molecule has 1 aromatic rings. The molecule has 13 heteroatoms. The van der Waals surface area contributed by atoms with Crippen LogP contribution in [0.15, 0.2) is 54.1 Å². The molecule has 1 heterocycles. The Balaban J connectivity index is 1.55. The Bertz CT molecular complexity index is 1570. The second-order valence-corrected chi connectivity index (χ2v) is 24.0. The van der Waals surface area contributed by atoms with Crippen LogP contribution in [0.3, 0.4) is 0 Å². The first-order valence-corrected chi connectivity index (χ1v) is 24.9. The van der Waals surface area contributed by atoms with Crippen LogP contribution in [0, 0.1) is 29.6 Å². The Morgan fingerprint density at radius 2 is 1.76 bits per heavy atom. The largest absolute Gasteiger partial charge is 0.462 e. The number of carbonyl (C=O) groups is 3. The van der Waals surface area contributed by atoms with Gasteiger partial charge in [-0.15, -0.1) is 0 Å². The van der Waals surface area contributed by atoms with Crippen molar-refractivity contribution in [2.45, 2.75) is 149 Å². The van der Waals surface area contributed by atoms with Crippen LogP contribution < -0.4 is 9.61 Å². The molecule has 308 valence electrons. The molecule has 0 spiro atoms. The fraction of sp³-hybridized carbons (Fsp3) is 0.690. The summed E-state index contributed by atoms with van der Waals surface area (Å²) in [7, 11) is -6.27. The lowest BCUT2D eigenvalue weighted by Crippen LogP contribution is -2.44. The lowest BCUT2D eigenvalue weighted by molar-refractivity contribution is -0.161. The van der Waals surface area contributed by atoms with Crippen molar-refractivity contribution in [3.05, 3.63) is 54.1 Å². The van der Waals surface area contributed by atoms with E-state index in [9.17, 15) is 23.7 Å². The highest BCUT2D eigenvalue weighted by Gasteiger charge is 2.45. The predicted molar refractivity (Wildman–Crippen MR) is 216 cm³/mol. The second kappa shape index (κ2) is 19.1. The number of fused-ring (bicyclic) bond motifs is 1. The lowest BCUT2D eigenvalue weighted by atomic mass is 9.66. The summed E-state index contributed by atoms with van der Waals surface area (Å²) in [6, 6.07) is 7.79. The number of benzene rings is 1. The molecule has 1 unspecified atom stereocenters. The zero-order valence-corrected chi connectivity index (χ0v) is 36.5. The van der Waals surface area contributed by atoms with E-state index in [2.05, 4.69) is 38.0 Å². The molecule has 0 aromatic heterocycles. The van der Waals surface area contributed by atoms with Gasteiger partial charge in [-0.1, -0.05) is 71.0 Å². The molecule has 1 aliphatic heterocycles. The van der Waals surface area contributed by atoms with E-state index in [4.69, 9.17) is 23.5 Å². The first-order chi connectivity index (χ1) is 25.7. The molecule has 1 saturated heterocycles. The van der Waals surface area contributed by atoms with Gasteiger partial charge in [0.25, 0.3) is 0 Å². The standard InChI is InChI=1S/C42H66NO10PSi/c1-11-28(4)40(45)52-37-24-35(49-26-54(47,53-33-15-13-12-14-16-33)43-30(6)41(46)50-27(2)3)23-32-18-17-29(5)36(39(32)37)20-19-34-21-31(22-38(44)51-34)25-42(7,8)55(9,10)48/h12-18,23,27-31,34-37,39,48H,11,19-22,24-26H2,1-10H3,(H,43,47)/t28-,29-,30-,31+,34+,35+,36-,37-,39-,54?/m0/s1. The van der Waals surface area contributed by atoms with Crippen LogP contribution in [-0.2, 0) is 37.9 Å². The summed E-state index contributed by atoms with van der Waals surface area (Å²) in [4.78, 5) is 49.8. The van der Waals surface area contributed by atoms with Gasteiger partial charge in [-0.2, -0.15) is 0 Å². The smallest absolute Gasteiger partial charge is 0.342 e. The van der Waals surface area contributed by atoms with Crippen molar-refractivity contribution < 1.29 is 47.2 Å². The minimum absolute atomic E-state index is 0.105. The fourth-order valence-electron chi connectivity index (χ4n) is 7.79. The Kier molecular flexibility index (Phi) is 15.6. The van der Waals surface area contributed by atoms with Crippen LogP contribution in [0.1, 0.15) is 100 Å². The van der Waals surface area contributed by atoms with Crippen molar-refractivity contribution in [1.82, 2.24) is 5.09 Å². The van der Waals surface area contributed by atoms with E-state index in [0.717, 1.165) is 24.8 Å². The van der Waals surface area contributed by atoms with Crippen LogP contribution in [0.25, 0.3) is 0 Å². The lowest BCUT2D eigenvalue weighted by Gasteiger charge is -2.44. The normalized spacial score (nSPS) is 27.9. The Morgan fingerprint density at radius 1 is 1.07 bits per heavy atom. The molecule has 1 aromatic carbocycles. The predicted octanol–water partition coefficient (Wildman–Crippen LogP) is 8.73. The maximum absolute atomic E-state index is 14.4. The first kappa shape index (κ1) is 44.9. The van der Waals surface area contributed by atoms with E-state index in [1.165, 1.54) is 0 Å². The van der Waals surface area contributed by atoms with Crippen LogP contribution in [0.2, 0.25) is 18.1 Å². The molecule has 11 nitrogen and oxygen atoms in total. The summed E-state index contributed by atoms with van der Waals surface area (Å²) in [5.74, 6) is -0.615. The van der Waals surface area contributed by atoms with E-state index < -0.39 is 40.1 Å². The highest BCUT2D eigenvalue weighted by atomic mass is 31.2. The molecule has 3 aliphatic rings. The van der Waals surface area contributed by atoms with Gasteiger partial charge in [0.1, 0.15) is 30.3 Å². The molecule has 4 rings (SSSR count). The van der Waals surface area contributed by atoms with Gasteiger partial charge in [-0.25, -0.2) is 5.09 Å². The molecule has 0 bridgehead atoms. The van der Waals surface area contributed by atoms with Crippen molar-refractivity contribution >= 4 is 33.7 Å². The number of para-hydroxylation sites is 1. The van der Waals surface area contributed by atoms with Gasteiger partial charge in [-0.05, 0) is 106 Å². The van der Waals surface area contributed by atoms with Crippen molar-refractivity contribution in [1.29, 1.82) is 0 Å². The molecule has 0 amide bonds. The molecule has 1 fully saturated rings. The Hall–Kier alpha value is -2.76.